The summed E-state index contributed by atoms with van der Waals surface area (Å²) in [6.07, 6.45) is 0. The Balaban J connectivity index is 3.10. The molecule has 1 N–H and O–H groups in total. The maximum atomic E-state index is 11.1. The summed E-state index contributed by atoms with van der Waals surface area (Å²) in [4.78, 5) is 12.8. The van der Waals surface area contributed by atoms with Gasteiger partial charge in [-0.1, -0.05) is 12.1 Å². The second-order valence-electron chi connectivity index (χ2n) is 3.87. The largest absolute Gasteiger partial charge is 0.480 e. The number of anilines is 1. The van der Waals surface area contributed by atoms with Crippen LogP contribution < -0.4 is 4.90 Å². The van der Waals surface area contributed by atoms with Crippen LogP contribution in [0.1, 0.15) is 13.8 Å². The summed E-state index contributed by atoms with van der Waals surface area (Å²) in [6.45, 7) is 3.35. The molecule has 1 aromatic rings. The minimum Gasteiger partial charge on any atom is -0.480 e. The van der Waals surface area contributed by atoms with Gasteiger partial charge in [0.15, 0.2) is 0 Å². The molecule has 0 unspecified atom stereocenters. The van der Waals surface area contributed by atoms with Crippen molar-refractivity contribution >= 4 is 27.6 Å². The van der Waals surface area contributed by atoms with Gasteiger partial charge in [0.1, 0.15) is 5.54 Å². The predicted molar refractivity (Wildman–Crippen MR) is 64.3 cm³/mol. The molecule has 0 saturated heterocycles. The lowest BCUT2D eigenvalue weighted by molar-refractivity contribution is -0.142. The lowest BCUT2D eigenvalue weighted by atomic mass is 10.0. The molecule has 1 rings (SSSR count). The number of carbonyl (C=O) groups is 1. The van der Waals surface area contributed by atoms with Gasteiger partial charge in [-0.25, -0.2) is 4.79 Å². The van der Waals surface area contributed by atoms with E-state index in [1.165, 1.54) is 0 Å². The molecule has 0 heterocycles. The zero-order valence-electron chi connectivity index (χ0n) is 8.99. The smallest absolute Gasteiger partial charge is 0.328 e. The molecule has 0 aliphatic rings. The van der Waals surface area contributed by atoms with Crippen molar-refractivity contribution in [2.45, 2.75) is 19.4 Å². The molecule has 0 aliphatic heterocycles. The first-order valence-corrected chi connectivity index (χ1v) is 5.38. The second-order valence-corrected chi connectivity index (χ2v) is 4.73. The van der Waals surface area contributed by atoms with E-state index < -0.39 is 11.5 Å². The van der Waals surface area contributed by atoms with Crippen molar-refractivity contribution in [3.8, 4) is 0 Å². The summed E-state index contributed by atoms with van der Waals surface area (Å²) in [6, 6.07) is 7.56. The third-order valence-corrected chi connectivity index (χ3v) is 3.25. The quantitative estimate of drug-likeness (QED) is 0.919. The van der Waals surface area contributed by atoms with E-state index >= 15 is 0 Å². The molecule has 0 saturated carbocycles. The molecular weight excluding hydrogens is 258 g/mol. The average molecular weight is 272 g/mol. The number of benzene rings is 1. The molecule has 0 radical (unpaired) electrons. The molecule has 82 valence electrons. The van der Waals surface area contributed by atoms with Gasteiger partial charge in [0.05, 0.1) is 5.69 Å². The van der Waals surface area contributed by atoms with Gasteiger partial charge in [-0.05, 0) is 41.9 Å². The van der Waals surface area contributed by atoms with Gasteiger partial charge in [-0.15, -0.1) is 0 Å². The molecule has 3 nitrogen and oxygen atoms in total. The number of para-hydroxylation sites is 1. The van der Waals surface area contributed by atoms with Gasteiger partial charge in [-0.2, -0.15) is 0 Å². The van der Waals surface area contributed by atoms with Gasteiger partial charge in [0.25, 0.3) is 0 Å². The number of aliphatic carboxylic acids is 1. The average Bonchev–Trinajstić information content (AvgIpc) is 2.17. The Hall–Kier alpha value is -1.03. The third-order valence-electron chi connectivity index (χ3n) is 2.58. The molecule has 0 fully saturated rings. The lowest BCUT2D eigenvalue weighted by Crippen LogP contribution is -2.48. The highest BCUT2D eigenvalue weighted by molar-refractivity contribution is 9.10. The number of rotatable bonds is 3. The van der Waals surface area contributed by atoms with E-state index in [0.717, 1.165) is 10.2 Å². The van der Waals surface area contributed by atoms with Crippen molar-refractivity contribution in [3.63, 3.8) is 0 Å². The predicted octanol–water partition coefficient (Wildman–Crippen LogP) is 2.75. The van der Waals surface area contributed by atoms with Gasteiger partial charge < -0.3 is 10.0 Å². The van der Waals surface area contributed by atoms with Crippen LogP contribution in [0.25, 0.3) is 0 Å². The van der Waals surface area contributed by atoms with Crippen molar-refractivity contribution < 1.29 is 9.90 Å². The van der Waals surface area contributed by atoms with Crippen LogP contribution in [0.3, 0.4) is 0 Å². The minimum atomic E-state index is -0.927. The van der Waals surface area contributed by atoms with Crippen LogP contribution in [0.15, 0.2) is 28.7 Å². The summed E-state index contributed by atoms with van der Waals surface area (Å²) < 4.78 is 0.891. The van der Waals surface area contributed by atoms with Crippen molar-refractivity contribution in [1.29, 1.82) is 0 Å². The van der Waals surface area contributed by atoms with E-state index in [0.29, 0.717) is 0 Å². The summed E-state index contributed by atoms with van der Waals surface area (Å²) in [7, 11) is 1.77. The Labute approximate surface area is 97.8 Å². The summed E-state index contributed by atoms with van der Waals surface area (Å²) in [5.74, 6) is -0.847. The van der Waals surface area contributed by atoms with Gasteiger partial charge in [0, 0.05) is 11.5 Å². The Morgan fingerprint density at radius 3 is 2.40 bits per heavy atom. The lowest BCUT2D eigenvalue weighted by Gasteiger charge is -2.34. The first-order valence-electron chi connectivity index (χ1n) is 4.59. The molecule has 0 aliphatic carbocycles. The maximum absolute atomic E-state index is 11.1. The van der Waals surface area contributed by atoms with Crippen molar-refractivity contribution in [3.05, 3.63) is 28.7 Å². The van der Waals surface area contributed by atoms with E-state index in [1.54, 1.807) is 25.8 Å². The van der Waals surface area contributed by atoms with E-state index in [-0.39, 0.29) is 0 Å². The maximum Gasteiger partial charge on any atom is 0.328 e. The summed E-state index contributed by atoms with van der Waals surface area (Å²) in [5, 5.41) is 9.11. The number of carboxylic acids is 1. The highest BCUT2D eigenvalue weighted by atomic mass is 79.9. The van der Waals surface area contributed by atoms with Gasteiger partial charge in [-0.3, -0.25) is 0 Å². The van der Waals surface area contributed by atoms with Crippen LogP contribution in [-0.2, 0) is 4.79 Å². The molecule has 0 spiro atoms. The number of halogens is 1. The Bertz CT molecular complexity index is 377. The minimum absolute atomic E-state index is 0.847. The number of hydrogen-bond acceptors (Lipinski definition) is 2. The van der Waals surface area contributed by atoms with Crippen LogP contribution in [0.5, 0.6) is 0 Å². The standard InChI is InChI=1S/C11H14BrNO2/c1-11(2,10(14)15)13(3)9-7-5-4-6-8(9)12/h4-7H,1-3H3,(H,14,15). The van der Waals surface area contributed by atoms with Gasteiger partial charge >= 0.3 is 5.97 Å². The fourth-order valence-corrected chi connectivity index (χ4v) is 1.72. The fraction of sp³-hybridized carbons (Fsp3) is 0.364. The summed E-state index contributed by atoms with van der Waals surface area (Å²) in [5.41, 5.74) is -0.0611. The first-order chi connectivity index (χ1) is 6.87. The van der Waals surface area contributed by atoms with Crippen LogP contribution in [-0.4, -0.2) is 23.7 Å². The molecule has 0 aromatic heterocycles. The van der Waals surface area contributed by atoms with E-state index in [2.05, 4.69) is 15.9 Å². The fourth-order valence-electron chi connectivity index (χ4n) is 1.17. The Kier molecular flexibility index (Phi) is 3.39. The van der Waals surface area contributed by atoms with E-state index in [9.17, 15) is 4.79 Å². The molecule has 0 bridgehead atoms. The molecule has 0 amide bonds. The van der Waals surface area contributed by atoms with Crippen molar-refractivity contribution in [2.75, 3.05) is 11.9 Å². The Morgan fingerprint density at radius 1 is 1.40 bits per heavy atom. The SMILES string of the molecule is CN(c1ccccc1Br)C(C)(C)C(=O)O. The first kappa shape index (κ1) is 12.0. The van der Waals surface area contributed by atoms with Crippen LogP contribution in [0.4, 0.5) is 5.69 Å². The number of nitrogens with zero attached hydrogens (tertiary/aromatic N) is 1. The molecule has 4 heteroatoms. The van der Waals surface area contributed by atoms with Crippen LogP contribution in [0, 0.1) is 0 Å². The van der Waals surface area contributed by atoms with Crippen LogP contribution >= 0.6 is 15.9 Å². The molecule has 0 atom stereocenters. The van der Waals surface area contributed by atoms with E-state index in [1.807, 2.05) is 24.3 Å². The molecule has 1 aromatic carbocycles. The number of hydrogen-bond donors (Lipinski definition) is 1. The zero-order chi connectivity index (χ0) is 11.6. The normalized spacial score (nSPS) is 11.2. The highest BCUT2D eigenvalue weighted by Crippen LogP contribution is 2.29. The van der Waals surface area contributed by atoms with E-state index in [4.69, 9.17) is 5.11 Å². The zero-order valence-corrected chi connectivity index (χ0v) is 10.6. The monoisotopic (exact) mass is 271 g/mol. The van der Waals surface area contributed by atoms with Crippen molar-refractivity contribution in [2.24, 2.45) is 0 Å². The highest BCUT2D eigenvalue weighted by Gasteiger charge is 2.32. The molecular formula is C11H14BrNO2. The topological polar surface area (TPSA) is 40.5 Å². The third kappa shape index (κ3) is 2.31. The number of carboxylic acid groups (broad SMARTS) is 1. The van der Waals surface area contributed by atoms with Crippen molar-refractivity contribution in [1.82, 2.24) is 0 Å². The Morgan fingerprint density at radius 2 is 1.93 bits per heavy atom. The molecule has 15 heavy (non-hydrogen) atoms. The second kappa shape index (κ2) is 4.23. The summed E-state index contributed by atoms with van der Waals surface area (Å²) >= 11 is 3.40. The van der Waals surface area contributed by atoms with Gasteiger partial charge in [0.2, 0.25) is 0 Å². The number of likely N-dealkylation sites (N-methyl/N-ethyl adjacent to an activating group) is 1. The van der Waals surface area contributed by atoms with Crippen LogP contribution in [0.2, 0.25) is 0 Å².